The Morgan fingerprint density at radius 2 is 1.08 bits per heavy atom. The smallest absolute Gasteiger partial charge is 0.115 e. The monoisotopic (exact) mass is 320 g/mol. The van der Waals surface area contributed by atoms with Crippen molar-refractivity contribution >= 4 is 0 Å². The van der Waals surface area contributed by atoms with Crippen LogP contribution in [0.4, 0.5) is 0 Å². The third-order valence-electron chi connectivity index (χ3n) is 4.34. The summed E-state index contributed by atoms with van der Waals surface area (Å²) in [5, 5.41) is 19.2. The van der Waals surface area contributed by atoms with Gasteiger partial charge in [-0.15, -0.1) is 0 Å². The number of hydrogen-bond donors (Lipinski definition) is 4. The summed E-state index contributed by atoms with van der Waals surface area (Å²) in [5.74, 6) is 0.333. The number of nitrogens with two attached hydrogens (primary N) is 2. The second-order valence-electron chi connectivity index (χ2n) is 5.85. The van der Waals surface area contributed by atoms with Crippen LogP contribution in [0, 0.1) is 0 Å². The molecule has 0 heterocycles. The van der Waals surface area contributed by atoms with Crippen LogP contribution in [0.1, 0.15) is 22.7 Å². The molecule has 0 aliphatic rings. The van der Waals surface area contributed by atoms with Crippen LogP contribution in [0.15, 0.2) is 78.9 Å². The van der Waals surface area contributed by atoms with Crippen molar-refractivity contribution < 1.29 is 10.2 Å². The van der Waals surface area contributed by atoms with Gasteiger partial charge in [0.1, 0.15) is 11.5 Å². The van der Waals surface area contributed by atoms with Crippen LogP contribution < -0.4 is 11.5 Å². The molecule has 4 nitrogen and oxygen atoms in total. The molecule has 3 aromatic rings. The number of phenolic OH excluding ortho intramolecular Hbond substituents is 2. The second-order valence-corrected chi connectivity index (χ2v) is 5.85. The van der Waals surface area contributed by atoms with Crippen LogP contribution in [0.3, 0.4) is 0 Å². The van der Waals surface area contributed by atoms with Gasteiger partial charge in [0.25, 0.3) is 0 Å². The number of aromatic hydroxyl groups is 2. The van der Waals surface area contributed by atoms with E-state index in [4.69, 9.17) is 11.5 Å². The molecule has 6 N–H and O–H groups in total. The van der Waals surface area contributed by atoms with E-state index in [-0.39, 0.29) is 11.5 Å². The predicted molar refractivity (Wildman–Crippen MR) is 94.6 cm³/mol. The van der Waals surface area contributed by atoms with Gasteiger partial charge in [-0.05, 0) is 41.0 Å². The topological polar surface area (TPSA) is 92.5 Å². The van der Waals surface area contributed by atoms with Gasteiger partial charge in [-0.25, -0.2) is 0 Å². The van der Waals surface area contributed by atoms with E-state index in [1.165, 1.54) is 0 Å². The van der Waals surface area contributed by atoms with Crippen LogP contribution in [-0.2, 0) is 5.54 Å². The predicted octanol–water partition coefficient (Wildman–Crippen LogP) is 3.00. The molecule has 0 aliphatic heterocycles. The van der Waals surface area contributed by atoms with Crippen molar-refractivity contribution in [3.05, 3.63) is 95.6 Å². The Balaban J connectivity index is 2.16. The summed E-state index contributed by atoms with van der Waals surface area (Å²) in [4.78, 5) is 0. The van der Waals surface area contributed by atoms with Crippen molar-refractivity contribution in [1.82, 2.24) is 0 Å². The van der Waals surface area contributed by atoms with Gasteiger partial charge >= 0.3 is 0 Å². The highest BCUT2D eigenvalue weighted by molar-refractivity contribution is 5.45. The van der Waals surface area contributed by atoms with Crippen LogP contribution in [0.25, 0.3) is 0 Å². The minimum Gasteiger partial charge on any atom is -0.508 e. The van der Waals surface area contributed by atoms with Crippen molar-refractivity contribution in [2.75, 3.05) is 0 Å². The number of phenols is 2. The molecule has 0 saturated heterocycles. The minimum absolute atomic E-state index is 0.167. The zero-order valence-corrected chi connectivity index (χ0v) is 13.1. The summed E-state index contributed by atoms with van der Waals surface area (Å²) in [6.45, 7) is 0. The lowest BCUT2D eigenvalue weighted by Crippen LogP contribution is -2.47. The van der Waals surface area contributed by atoms with Crippen molar-refractivity contribution in [3.8, 4) is 11.5 Å². The third-order valence-corrected chi connectivity index (χ3v) is 4.34. The SMILES string of the molecule is NC(c1ccccc1)C(N)(c1ccc(O)cc1)c1ccc(O)cc1. The Morgan fingerprint density at radius 1 is 0.667 bits per heavy atom. The fraction of sp³-hybridized carbons (Fsp3) is 0.100. The summed E-state index contributed by atoms with van der Waals surface area (Å²) >= 11 is 0. The molecule has 3 rings (SSSR count). The van der Waals surface area contributed by atoms with Gasteiger partial charge in [0.05, 0.1) is 11.6 Å². The van der Waals surface area contributed by atoms with Gasteiger partial charge < -0.3 is 21.7 Å². The molecule has 0 aromatic heterocycles. The van der Waals surface area contributed by atoms with Crippen LogP contribution >= 0.6 is 0 Å². The highest BCUT2D eigenvalue weighted by Gasteiger charge is 2.37. The first-order valence-corrected chi connectivity index (χ1v) is 7.70. The molecular weight excluding hydrogens is 300 g/mol. The Bertz CT molecular complexity index is 754. The largest absolute Gasteiger partial charge is 0.508 e. The summed E-state index contributed by atoms with van der Waals surface area (Å²) < 4.78 is 0. The van der Waals surface area contributed by atoms with E-state index >= 15 is 0 Å². The first-order chi connectivity index (χ1) is 11.5. The lowest BCUT2D eigenvalue weighted by Gasteiger charge is -2.37. The maximum atomic E-state index is 9.58. The minimum atomic E-state index is -1.01. The van der Waals surface area contributed by atoms with Crippen LogP contribution in [-0.4, -0.2) is 10.2 Å². The van der Waals surface area contributed by atoms with Crippen molar-refractivity contribution in [2.24, 2.45) is 11.5 Å². The second kappa shape index (κ2) is 6.35. The van der Waals surface area contributed by atoms with Crippen molar-refractivity contribution in [2.45, 2.75) is 11.6 Å². The lowest BCUT2D eigenvalue weighted by molar-refractivity contribution is 0.428. The molecule has 1 unspecified atom stereocenters. The van der Waals surface area contributed by atoms with Gasteiger partial charge in [-0.2, -0.15) is 0 Å². The van der Waals surface area contributed by atoms with E-state index in [0.717, 1.165) is 16.7 Å². The van der Waals surface area contributed by atoms with E-state index < -0.39 is 11.6 Å². The first-order valence-electron chi connectivity index (χ1n) is 7.70. The molecule has 0 aliphatic carbocycles. The Hall–Kier alpha value is -2.82. The fourth-order valence-corrected chi connectivity index (χ4v) is 2.92. The molecule has 122 valence electrons. The quantitative estimate of drug-likeness (QED) is 0.594. The standard InChI is InChI=1S/C20H20N2O2/c21-19(14-4-2-1-3-5-14)20(22,15-6-10-17(23)11-7-15)16-8-12-18(24)13-9-16/h1-13,19,23-24H,21-22H2. The van der Waals surface area contributed by atoms with Crippen molar-refractivity contribution in [1.29, 1.82) is 0 Å². The average molecular weight is 320 g/mol. The molecule has 3 aromatic carbocycles. The van der Waals surface area contributed by atoms with Crippen LogP contribution in [0.2, 0.25) is 0 Å². The zero-order valence-electron chi connectivity index (χ0n) is 13.1. The Labute approximate surface area is 141 Å². The molecule has 0 radical (unpaired) electrons. The third kappa shape index (κ3) is 2.85. The highest BCUT2D eigenvalue weighted by Crippen LogP contribution is 2.38. The zero-order chi connectivity index (χ0) is 17.2. The van der Waals surface area contributed by atoms with Crippen molar-refractivity contribution in [3.63, 3.8) is 0 Å². The average Bonchev–Trinajstić information content (AvgIpc) is 2.62. The molecule has 0 amide bonds. The Morgan fingerprint density at radius 3 is 1.50 bits per heavy atom. The van der Waals surface area contributed by atoms with E-state index in [1.807, 2.05) is 30.3 Å². The molecule has 1 atom stereocenters. The van der Waals surface area contributed by atoms with Gasteiger partial charge in [0.15, 0.2) is 0 Å². The molecule has 24 heavy (non-hydrogen) atoms. The normalized spacial score (nSPS) is 12.8. The summed E-state index contributed by atoms with van der Waals surface area (Å²) in [6.07, 6.45) is 0. The summed E-state index contributed by atoms with van der Waals surface area (Å²) in [7, 11) is 0. The van der Waals surface area contributed by atoms with E-state index in [2.05, 4.69) is 0 Å². The summed E-state index contributed by atoms with van der Waals surface area (Å²) in [5.41, 5.74) is 14.8. The maximum absolute atomic E-state index is 9.58. The highest BCUT2D eigenvalue weighted by atomic mass is 16.3. The molecule has 0 fully saturated rings. The van der Waals surface area contributed by atoms with E-state index in [1.54, 1.807) is 48.5 Å². The van der Waals surface area contributed by atoms with Gasteiger partial charge in [-0.3, -0.25) is 0 Å². The van der Waals surface area contributed by atoms with Crippen LogP contribution in [0.5, 0.6) is 11.5 Å². The molecule has 0 saturated carbocycles. The first kappa shape index (κ1) is 16.1. The molecule has 0 spiro atoms. The Kier molecular flexibility index (Phi) is 4.25. The molecule has 4 heteroatoms. The van der Waals surface area contributed by atoms with E-state index in [0.29, 0.717) is 0 Å². The summed E-state index contributed by atoms with van der Waals surface area (Å²) in [6, 6.07) is 22.6. The van der Waals surface area contributed by atoms with Gasteiger partial charge in [0.2, 0.25) is 0 Å². The number of hydrogen-bond acceptors (Lipinski definition) is 4. The fourth-order valence-electron chi connectivity index (χ4n) is 2.92. The van der Waals surface area contributed by atoms with Gasteiger partial charge in [0, 0.05) is 0 Å². The lowest BCUT2D eigenvalue weighted by atomic mass is 9.75. The number of rotatable bonds is 4. The van der Waals surface area contributed by atoms with E-state index in [9.17, 15) is 10.2 Å². The maximum Gasteiger partial charge on any atom is 0.115 e. The molecule has 0 bridgehead atoms. The number of benzene rings is 3. The molecular formula is C20H20N2O2. The van der Waals surface area contributed by atoms with Gasteiger partial charge in [-0.1, -0.05) is 54.6 Å².